The predicted octanol–water partition coefficient (Wildman–Crippen LogP) is 2.90. The first-order valence-corrected chi connectivity index (χ1v) is 9.05. The van der Waals surface area contributed by atoms with Crippen LogP contribution < -0.4 is 4.74 Å². The molecule has 0 aliphatic carbocycles. The van der Waals surface area contributed by atoms with Gasteiger partial charge in [0, 0.05) is 55.6 Å². The number of carbonyl (C=O) groups excluding carboxylic acids is 1. The van der Waals surface area contributed by atoms with Gasteiger partial charge in [0.1, 0.15) is 12.3 Å². The number of hydrogen-bond donors (Lipinski definition) is 0. The number of aromatic nitrogens is 3. The molecule has 1 aliphatic rings. The number of aryl methyl sites for hydroxylation is 2. The number of amides is 1. The monoisotopic (exact) mass is 362 g/mol. The molecule has 1 aromatic carbocycles. The zero-order valence-corrected chi connectivity index (χ0v) is 15.6. The van der Waals surface area contributed by atoms with Crippen molar-refractivity contribution in [1.29, 1.82) is 0 Å². The first-order chi connectivity index (χ1) is 13.1. The van der Waals surface area contributed by atoms with Crippen LogP contribution in [0.25, 0.3) is 0 Å². The Kier molecular flexibility index (Phi) is 4.62. The van der Waals surface area contributed by atoms with E-state index in [0.29, 0.717) is 25.6 Å². The van der Waals surface area contributed by atoms with Crippen molar-refractivity contribution in [2.75, 3.05) is 6.54 Å². The van der Waals surface area contributed by atoms with Crippen molar-refractivity contribution < 1.29 is 9.53 Å². The first kappa shape index (κ1) is 17.3. The molecule has 3 aromatic rings. The lowest BCUT2D eigenvalue weighted by atomic mass is 10.0. The largest absolute Gasteiger partial charge is 0.471 e. The maximum atomic E-state index is 12.9. The van der Waals surface area contributed by atoms with E-state index in [0.717, 1.165) is 28.8 Å². The highest BCUT2D eigenvalue weighted by Crippen LogP contribution is 2.24. The minimum Gasteiger partial charge on any atom is -0.471 e. The number of pyridine rings is 1. The minimum atomic E-state index is 0.0600. The molecule has 1 aliphatic heterocycles. The molecule has 0 radical (unpaired) electrons. The molecule has 3 heterocycles. The third kappa shape index (κ3) is 3.56. The first-order valence-electron chi connectivity index (χ1n) is 9.05. The zero-order chi connectivity index (χ0) is 18.8. The highest BCUT2D eigenvalue weighted by atomic mass is 16.5. The summed E-state index contributed by atoms with van der Waals surface area (Å²) in [6.45, 7) is 3.59. The Labute approximate surface area is 158 Å². The summed E-state index contributed by atoms with van der Waals surface area (Å²) < 4.78 is 7.68. The second-order valence-electron chi connectivity index (χ2n) is 6.80. The van der Waals surface area contributed by atoms with E-state index in [1.807, 2.05) is 66.0 Å². The van der Waals surface area contributed by atoms with Gasteiger partial charge < -0.3 is 9.64 Å². The van der Waals surface area contributed by atoms with Crippen molar-refractivity contribution in [2.24, 2.45) is 7.05 Å². The molecule has 6 heteroatoms. The van der Waals surface area contributed by atoms with Crippen molar-refractivity contribution >= 4 is 5.91 Å². The van der Waals surface area contributed by atoms with Crippen LogP contribution in [0, 0.1) is 6.92 Å². The summed E-state index contributed by atoms with van der Waals surface area (Å²) in [7, 11) is 1.95. The van der Waals surface area contributed by atoms with Crippen LogP contribution in [-0.2, 0) is 26.6 Å². The van der Waals surface area contributed by atoms with E-state index in [2.05, 4.69) is 10.1 Å². The Morgan fingerprint density at radius 1 is 1.22 bits per heavy atom. The summed E-state index contributed by atoms with van der Waals surface area (Å²) in [5.41, 5.74) is 4.93. The van der Waals surface area contributed by atoms with E-state index < -0.39 is 0 Å². The van der Waals surface area contributed by atoms with Gasteiger partial charge in [-0.3, -0.25) is 9.48 Å². The molecule has 0 bridgehead atoms. The standard InChI is InChI=1S/C21H22N4O2/c1-15-6-5-7-16(12-15)21(26)25-11-9-19-17(13-25)18(23-24(19)2)14-27-20-8-3-4-10-22-20/h3-8,10,12H,9,11,13-14H2,1-2H3. The van der Waals surface area contributed by atoms with E-state index >= 15 is 0 Å². The summed E-state index contributed by atoms with van der Waals surface area (Å²) in [5.74, 6) is 0.630. The van der Waals surface area contributed by atoms with Gasteiger partial charge in [-0.15, -0.1) is 0 Å². The molecular formula is C21H22N4O2. The van der Waals surface area contributed by atoms with Gasteiger partial charge in [0.2, 0.25) is 5.88 Å². The number of carbonyl (C=O) groups is 1. The number of hydrogen-bond acceptors (Lipinski definition) is 4. The fourth-order valence-electron chi connectivity index (χ4n) is 3.49. The lowest BCUT2D eigenvalue weighted by Crippen LogP contribution is -2.36. The average Bonchev–Trinajstić information content (AvgIpc) is 3.02. The molecule has 6 nitrogen and oxygen atoms in total. The Hall–Kier alpha value is -3.15. The van der Waals surface area contributed by atoms with Gasteiger partial charge in [-0.25, -0.2) is 4.98 Å². The molecule has 27 heavy (non-hydrogen) atoms. The van der Waals surface area contributed by atoms with Crippen molar-refractivity contribution in [2.45, 2.75) is 26.5 Å². The van der Waals surface area contributed by atoms with E-state index in [-0.39, 0.29) is 5.91 Å². The quantitative estimate of drug-likeness (QED) is 0.716. The lowest BCUT2D eigenvalue weighted by Gasteiger charge is -2.28. The lowest BCUT2D eigenvalue weighted by molar-refractivity contribution is 0.0732. The van der Waals surface area contributed by atoms with Crippen LogP contribution in [0.5, 0.6) is 5.88 Å². The van der Waals surface area contributed by atoms with Gasteiger partial charge in [0.05, 0.1) is 0 Å². The van der Waals surface area contributed by atoms with Gasteiger partial charge in [-0.05, 0) is 25.1 Å². The highest BCUT2D eigenvalue weighted by molar-refractivity contribution is 5.94. The van der Waals surface area contributed by atoms with E-state index in [1.54, 1.807) is 6.20 Å². The van der Waals surface area contributed by atoms with E-state index in [1.165, 1.54) is 5.69 Å². The minimum absolute atomic E-state index is 0.0600. The maximum absolute atomic E-state index is 12.9. The van der Waals surface area contributed by atoms with Crippen LogP contribution >= 0.6 is 0 Å². The molecule has 0 spiro atoms. The third-order valence-corrected chi connectivity index (χ3v) is 4.87. The molecular weight excluding hydrogens is 340 g/mol. The Morgan fingerprint density at radius 3 is 2.89 bits per heavy atom. The number of fused-ring (bicyclic) bond motifs is 1. The van der Waals surface area contributed by atoms with Crippen LogP contribution in [0.4, 0.5) is 0 Å². The van der Waals surface area contributed by atoms with Gasteiger partial charge in [-0.1, -0.05) is 23.8 Å². The third-order valence-electron chi connectivity index (χ3n) is 4.87. The van der Waals surface area contributed by atoms with Gasteiger partial charge >= 0.3 is 0 Å². The molecule has 0 unspecified atom stereocenters. The van der Waals surface area contributed by atoms with Crippen LogP contribution in [-0.4, -0.2) is 32.1 Å². The molecule has 0 atom stereocenters. The van der Waals surface area contributed by atoms with Gasteiger partial charge in [0.25, 0.3) is 5.91 Å². The molecule has 0 saturated heterocycles. The SMILES string of the molecule is Cc1cccc(C(=O)N2CCc3c(c(COc4ccccn4)nn3C)C2)c1. The number of ether oxygens (including phenoxy) is 1. The van der Waals surface area contributed by atoms with E-state index in [4.69, 9.17) is 4.74 Å². The van der Waals surface area contributed by atoms with E-state index in [9.17, 15) is 4.79 Å². The molecule has 0 N–H and O–H groups in total. The summed E-state index contributed by atoms with van der Waals surface area (Å²) in [4.78, 5) is 19.0. The van der Waals surface area contributed by atoms with Crippen LogP contribution in [0.15, 0.2) is 48.7 Å². The fourth-order valence-corrected chi connectivity index (χ4v) is 3.49. The van der Waals surface area contributed by atoms with Crippen molar-refractivity contribution in [1.82, 2.24) is 19.7 Å². The molecule has 0 fully saturated rings. The molecule has 1 amide bonds. The van der Waals surface area contributed by atoms with Crippen molar-refractivity contribution in [3.63, 3.8) is 0 Å². The second kappa shape index (κ2) is 7.23. The normalized spacial score (nSPS) is 13.3. The van der Waals surface area contributed by atoms with Crippen molar-refractivity contribution in [3.8, 4) is 5.88 Å². The van der Waals surface area contributed by atoms with Gasteiger partial charge in [-0.2, -0.15) is 5.10 Å². The molecule has 0 saturated carbocycles. The Bertz CT molecular complexity index is 966. The van der Waals surface area contributed by atoms with Crippen LogP contribution in [0.3, 0.4) is 0 Å². The number of nitrogens with zero attached hydrogens (tertiary/aromatic N) is 4. The fraction of sp³-hybridized carbons (Fsp3) is 0.286. The van der Waals surface area contributed by atoms with Crippen LogP contribution in [0.1, 0.15) is 32.9 Å². The highest BCUT2D eigenvalue weighted by Gasteiger charge is 2.27. The number of rotatable bonds is 4. The smallest absolute Gasteiger partial charge is 0.254 e. The molecule has 2 aromatic heterocycles. The second-order valence-corrected chi connectivity index (χ2v) is 6.80. The van der Waals surface area contributed by atoms with Crippen molar-refractivity contribution in [3.05, 3.63) is 76.7 Å². The topological polar surface area (TPSA) is 60.3 Å². The molecule has 138 valence electrons. The Balaban J connectivity index is 1.53. The summed E-state index contributed by atoms with van der Waals surface area (Å²) in [6, 6.07) is 13.3. The van der Waals surface area contributed by atoms with Crippen LogP contribution in [0.2, 0.25) is 0 Å². The maximum Gasteiger partial charge on any atom is 0.254 e. The zero-order valence-electron chi connectivity index (χ0n) is 15.6. The summed E-state index contributed by atoms with van der Waals surface area (Å²) >= 11 is 0. The Morgan fingerprint density at radius 2 is 2.11 bits per heavy atom. The predicted molar refractivity (Wildman–Crippen MR) is 101 cm³/mol. The molecule has 4 rings (SSSR count). The summed E-state index contributed by atoms with van der Waals surface area (Å²) in [6.07, 6.45) is 2.49. The average molecular weight is 362 g/mol. The number of benzene rings is 1. The summed E-state index contributed by atoms with van der Waals surface area (Å²) in [5, 5.41) is 4.61. The van der Waals surface area contributed by atoms with Gasteiger partial charge in [0.15, 0.2) is 0 Å².